The molecule has 0 saturated heterocycles. The van der Waals surface area contributed by atoms with Crippen molar-refractivity contribution in [3.8, 4) is 0 Å². The summed E-state index contributed by atoms with van der Waals surface area (Å²) in [5.74, 6) is -1.46. The maximum Gasteiger partial charge on any atom is 0.470 e. The zero-order chi connectivity index (χ0) is 19.1. The van der Waals surface area contributed by atoms with Crippen LogP contribution < -0.4 is 0 Å². The molecule has 0 aromatic rings. The van der Waals surface area contributed by atoms with Crippen molar-refractivity contribution in [2.24, 2.45) is 5.92 Å². The van der Waals surface area contributed by atoms with Crippen molar-refractivity contribution in [2.45, 2.75) is 37.4 Å². The van der Waals surface area contributed by atoms with E-state index in [0.717, 1.165) is 6.92 Å². The number of hydrogen-bond donors (Lipinski definition) is 8. The van der Waals surface area contributed by atoms with E-state index < -0.39 is 59.9 Å². The second-order valence-corrected chi connectivity index (χ2v) is 8.60. The molecule has 0 heterocycles. The van der Waals surface area contributed by atoms with Crippen molar-refractivity contribution < 1.29 is 66.8 Å². The first-order chi connectivity index (χ1) is 10.5. The van der Waals surface area contributed by atoms with Gasteiger partial charge in [0.25, 0.3) is 0 Å². The first-order valence-electron chi connectivity index (χ1n) is 6.10. The van der Waals surface area contributed by atoms with Crippen LogP contribution in [-0.4, -0.2) is 70.1 Å². The minimum absolute atomic E-state index is 1.05. The highest BCUT2D eigenvalue weighted by Gasteiger charge is 2.54. The van der Waals surface area contributed by atoms with Gasteiger partial charge in [-0.1, -0.05) is 6.92 Å². The average molecular weight is 418 g/mol. The predicted octanol–water partition coefficient (Wildman–Crippen LogP) is -2.21. The van der Waals surface area contributed by atoms with E-state index in [1.54, 1.807) is 0 Å². The van der Waals surface area contributed by atoms with Crippen molar-refractivity contribution in [1.29, 1.82) is 0 Å². The monoisotopic (exact) mass is 418 g/mol. The molecule has 24 heavy (non-hydrogen) atoms. The molecule has 0 unspecified atom stereocenters. The molecule has 0 bridgehead atoms. The van der Waals surface area contributed by atoms with Crippen molar-refractivity contribution >= 4 is 23.5 Å². The van der Waals surface area contributed by atoms with Crippen LogP contribution in [0.15, 0.2) is 0 Å². The lowest BCUT2D eigenvalue weighted by Crippen LogP contribution is -2.61. The Morgan fingerprint density at radius 1 is 0.625 bits per heavy atom. The summed E-state index contributed by atoms with van der Waals surface area (Å²) in [5, 5.41) is 19.7. The summed E-state index contributed by atoms with van der Waals surface area (Å²) in [5.41, 5.74) is 0. The van der Waals surface area contributed by atoms with Crippen LogP contribution in [0.4, 0.5) is 0 Å². The molecule has 14 nitrogen and oxygen atoms in total. The van der Waals surface area contributed by atoms with Crippen molar-refractivity contribution in [2.75, 3.05) is 0 Å². The molecule has 0 aliphatic heterocycles. The fourth-order valence-corrected chi connectivity index (χ4v) is 4.12. The van der Waals surface area contributed by atoms with E-state index in [1.165, 1.54) is 0 Å². The van der Waals surface area contributed by atoms with Gasteiger partial charge in [-0.15, -0.1) is 0 Å². The number of phosphoric acid groups is 3. The Labute approximate surface area is 134 Å². The lowest BCUT2D eigenvalue weighted by molar-refractivity contribution is -0.189. The topological polar surface area (TPSA) is 241 Å². The molecule has 1 rings (SSSR count). The molecule has 0 radical (unpaired) electrons. The van der Waals surface area contributed by atoms with Gasteiger partial charge in [0.15, 0.2) is 0 Å². The van der Waals surface area contributed by atoms with Crippen molar-refractivity contribution in [3.63, 3.8) is 0 Å². The van der Waals surface area contributed by atoms with Gasteiger partial charge in [0, 0.05) is 5.92 Å². The van der Waals surface area contributed by atoms with E-state index in [-0.39, 0.29) is 0 Å². The highest BCUT2D eigenvalue weighted by atomic mass is 31.2. The Balaban J connectivity index is 3.23. The van der Waals surface area contributed by atoms with Crippen LogP contribution in [0.3, 0.4) is 0 Å². The first-order valence-corrected chi connectivity index (χ1v) is 10.7. The largest absolute Gasteiger partial charge is 0.470 e. The minimum Gasteiger partial charge on any atom is -0.388 e. The van der Waals surface area contributed by atoms with Crippen LogP contribution in [0.2, 0.25) is 0 Å². The molecule has 6 atom stereocenters. The number of aliphatic hydroxyl groups is 2. The summed E-state index contributed by atoms with van der Waals surface area (Å²) in [6.45, 7) is 1.05. The molecule has 0 spiro atoms. The van der Waals surface area contributed by atoms with E-state index in [1.807, 2.05) is 0 Å². The van der Waals surface area contributed by atoms with Crippen LogP contribution in [-0.2, 0) is 27.3 Å². The Bertz CT molecular complexity index is 575. The van der Waals surface area contributed by atoms with Gasteiger partial charge >= 0.3 is 23.5 Å². The standard InChI is InChI=1S/C7H17O14P3/c1-2-5(19-22(10,11)12)3(8)4(9)7(21-24(16,17)18)6(2)20-23(13,14)15/h2-9H,1H3,(H2,10,11,12)(H2,13,14,15)(H2,16,17,18)/t2-,3+,4-,5-,6+,7+/m0/s1. The van der Waals surface area contributed by atoms with E-state index >= 15 is 0 Å². The molecule has 1 aliphatic carbocycles. The number of rotatable bonds is 6. The lowest BCUT2D eigenvalue weighted by atomic mass is 9.79. The fraction of sp³-hybridized carbons (Fsp3) is 1.00. The van der Waals surface area contributed by atoms with Crippen LogP contribution in [0.5, 0.6) is 0 Å². The highest BCUT2D eigenvalue weighted by molar-refractivity contribution is 7.46. The zero-order valence-electron chi connectivity index (χ0n) is 11.8. The zero-order valence-corrected chi connectivity index (χ0v) is 14.5. The summed E-state index contributed by atoms with van der Waals surface area (Å²) in [7, 11) is -15.7. The fourth-order valence-electron chi connectivity index (χ4n) is 2.29. The minimum atomic E-state index is -5.29. The number of hydrogen-bond acceptors (Lipinski definition) is 8. The molecule has 8 N–H and O–H groups in total. The summed E-state index contributed by atoms with van der Waals surface area (Å²) in [4.78, 5) is 53.0. The molecule has 17 heteroatoms. The van der Waals surface area contributed by atoms with Gasteiger partial charge in [-0.25, -0.2) is 13.7 Å². The van der Waals surface area contributed by atoms with Crippen LogP contribution in [0, 0.1) is 5.92 Å². The molecule has 1 saturated carbocycles. The third-order valence-corrected chi connectivity index (χ3v) is 4.71. The Morgan fingerprint density at radius 2 is 0.917 bits per heavy atom. The molecule has 0 aromatic carbocycles. The Morgan fingerprint density at radius 3 is 1.29 bits per heavy atom. The van der Waals surface area contributed by atoms with Crippen LogP contribution in [0.25, 0.3) is 0 Å². The molecule has 1 aliphatic rings. The van der Waals surface area contributed by atoms with Gasteiger partial charge in [-0.3, -0.25) is 13.6 Å². The Hall–Kier alpha value is 0.250. The number of aliphatic hydroxyl groups excluding tert-OH is 2. The van der Waals surface area contributed by atoms with Gasteiger partial charge in [0.1, 0.15) is 30.5 Å². The molecule has 144 valence electrons. The first kappa shape index (κ1) is 22.3. The molecular weight excluding hydrogens is 401 g/mol. The van der Waals surface area contributed by atoms with Crippen molar-refractivity contribution in [3.05, 3.63) is 0 Å². The number of phosphoric ester groups is 3. The van der Waals surface area contributed by atoms with Gasteiger partial charge in [0.05, 0.1) is 0 Å². The normalized spacial score (nSPS) is 35.9. The third kappa shape index (κ3) is 6.52. The SMILES string of the molecule is C[C@@H]1[C@@H](OP(=O)(O)O)[C@H](OP(=O)(O)O)[C@@H](O)[C@@H](O)[C@H]1OP(=O)(O)O. The lowest BCUT2D eigenvalue weighted by Gasteiger charge is -2.45. The quantitative estimate of drug-likeness (QED) is 0.213. The van der Waals surface area contributed by atoms with Crippen LogP contribution in [0.1, 0.15) is 6.92 Å². The van der Waals surface area contributed by atoms with Crippen molar-refractivity contribution in [1.82, 2.24) is 0 Å². The highest BCUT2D eigenvalue weighted by Crippen LogP contribution is 2.50. The average Bonchev–Trinajstić information content (AvgIpc) is 2.32. The van der Waals surface area contributed by atoms with Gasteiger partial charge in [-0.2, -0.15) is 0 Å². The van der Waals surface area contributed by atoms with Gasteiger partial charge < -0.3 is 39.6 Å². The summed E-state index contributed by atoms with van der Waals surface area (Å²) in [6, 6.07) is 0. The second-order valence-electron chi connectivity index (χ2n) is 5.02. The summed E-state index contributed by atoms with van der Waals surface area (Å²) >= 11 is 0. The third-order valence-electron chi connectivity index (χ3n) is 3.16. The van der Waals surface area contributed by atoms with E-state index in [2.05, 4.69) is 13.6 Å². The predicted molar refractivity (Wildman–Crippen MR) is 71.9 cm³/mol. The second kappa shape index (κ2) is 7.47. The smallest absolute Gasteiger partial charge is 0.388 e. The van der Waals surface area contributed by atoms with E-state index in [0.29, 0.717) is 0 Å². The van der Waals surface area contributed by atoms with Crippen LogP contribution >= 0.6 is 23.5 Å². The van der Waals surface area contributed by atoms with Gasteiger partial charge in [0.2, 0.25) is 0 Å². The van der Waals surface area contributed by atoms with E-state index in [4.69, 9.17) is 29.4 Å². The summed E-state index contributed by atoms with van der Waals surface area (Å²) < 4.78 is 45.7. The molecule has 0 amide bonds. The molecule has 1 fully saturated rings. The molecule has 0 aromatic heterocycles. The van der Waals surface area contributed by atoms with Gasteiger partial charge in [-0.05, 0) is 0 Å². The Kier molecular flexibility index (Phi) is 6.94. The summed E-state index contributed by atoms with van der Waals surface area (Å²) in [6.07, 6.45) is -10.3. The molecular formula is C7H17O14P3. The maximum atomic E-state index is 11.0. The maximum absolute atomic E-state index is 11.0. The van der Waals surface area contributed by atoms with E-state index in [9.17, 15) is 23.9 Å².